The van der Waals surface area contributed by atoms with Crippen molar-refractivity contribution in [2.24, 2.45) is 0 Å². The van der Waals surface area contributed by atoms with E-state index in [0.717, 1.165) is 24.9 Å². The van der Waals surface area contributed by atoms with E-state index < -0.39 is 0 Å². The lowest BCUT2D eigenvalue weighted by Crippen LogP contribution is -2.25. The Morgan fingerprint density at radius 3 is 3.07 bits per heavy atom. The average molecular weight is 229 g/mol. The molecule has 1 aromatic heterocycles. The van der Waals surface area contributed by atoms with Crippen LogP contribution in [0.3, 0.4) is 0 Å². The second kappa shape index (κ2) is 6.77. The first kappa shape index (κ1) is 12.4. The number of pyridine rings is 1. The molecule has 0 aromatic carbocycles. The monoisotopic (exact) mass is 228 g/mol. The van der Waals surface area contributed by atoms with Crippen LogP contribution in [0.15, 0.2) is 18.5 Å². The van der Waals surface area contributed by atoms with E-state index in [1.165, 1.54) is 0 Å². The van der Waals surface area contributed by atoms with Gasteiger partial charge in [-0.2, -0.15) is 0 Å². The van der Waals surface area contributed by atoms with Crippen molar-refractivity contribution in [1.29, 1.82) is 0 Å². The van der Waals surface area contributed by atoms with Gasteiger partial charge in [-0.3, -0.25) is 4.98 Å². The van der Waals surface area contributed by atoms with Gasteiger partial charge in [0, 0.05) is 31.6 Å². The van der Waals surface area contributed by atoms with Gasteiger partial charge in [-0.15, -0.1) is 0 Å². The topological polar surface area (TPSA) is 45.1 Å². The van der Waals surface area contributed by atoms with Crippen molar-refractivity contribution in [3.05, 3.63) is 29.0 Å². The number of halogens is 1. The van der Waals surface area contributed by atoms with Gasteiger partial charge < -0.3 is 10.4 Å². The molecule has 0 radical (unpaired) electrons. The zero-order valence-electron chi connectivity index (χ0n) is 8.91. The van der Waals surface area contributed by atoms with E-state index in [1.807, 2.05) is 6.07 Å². The van der Waals surface area contributed by atoms with Crippen LogP contribution in [0.4, 0.5) is 0 Å². The molecule has 0 saturated carbocycles. The molecule has 84 valence electrons. The molecule has 2 N–H and O–H groups in total. The Balaban J connectivity index is 2.33. The van der Waals surface area contributed by atoms with E-state index in [1.54, 1.807) is 12.4 Å². The molecule has 4 heteroatoms. The summed E-state index contributed by atoms with van der Waals surface area (Å²) in [5.74, 6) is 0. The van der Waals surface area contributed by atoms with Crippen LogP contribution in [0.1, 0.15) is 25.3 Å². The van der Waals surface area contributed by atoms with Gasteiger partial charge in [0.25, 0.3) is 0 Å². The van der Waals surface area contributed by atoms with Gasteiger partial charge in [-0.1, -0.05) is 11.6 Å². The second-order valence-electron chi connectivity index (χ2n) is 3.61. The van der Waals surface area contributed by atoms with Crippen LogP contribution < -0.4 is 5.32 Å². The number of aliphatic hydroxyl groups is 1. The lowest BCUT2D eigenvalue weighted by Gasteiger charge is -2.13. The van der Waals surface area contributed by atoms with E-state index in [-0.39, 0.29) is 6.61 Å². The highest BCUT2D eigenvalue weighted by Gasteiger charge is 2.03. The highest BCUT2D eigenvalue weighted by molar-refractivity contribution is 6.31. The summed E-state index contributed by atoms with van der Waals surface area (Å²) in [6, 6.07) is 2.30. The lowest BCUT2D eigenvalue weighted by molar-refractivity contribution is 0.276. The summed E-state index contributed by atoms with van der Waals surface area (Å²) in [6.45, 7) is 3.10. The maximum Gasteiger partial charge on any atom is 0.0634 e. The molecule has 1 heterocycles. The third kappa shape index (κ3) is 4.60. The van der Waals surface area contributed by atoms with E-state index in [2.05, 4.69) is 17.2 Å². The summed E-state index contributed by atoms with van der Waals surface area (Å²) >= 11 is 5.97. The van der Waals surface area contributed by atoms with Crippen LogP contribution >= 0.6 is 11.6 Å². The average Bonchev–Trinajstić information content (AvgIpc) is 2.25. The van der Waals surface area contributed by atoms with E-state index in [9.17, 15) is 0 Å². The second-order valence-corrected chi connectivity index (χ2v) is 4.02. The summed E-state index contributed by atoms with van der Waals surface area (Å²) in [6.07, 6.45) is 5.19. The van der Waals surface area contributed by atoms with Crippen molar-refractivity contribution in [1.82, 2.24) is 10.3 Å². The van der Waals surface area contributed by atoms with Crippen LogP contribution in [-0.2, 0) is 6.54 Å². The van der Waals surface area contributed by atoms with Gasteiger partial charge in [-0.25, -0.2) is 0 Å². The Bertz CT molecular complexity index is 294. The molecular weight excluding hydrogens is 212 g/mol. The molecule has 1 unspecified atom stereocenters. The first-order valence-electron chi connectivity index (χ1n) is 5.16. The summed E-state index contributed by atoms with van der Waals surface area (Å²) in [7, 11) is 0. The van der Waals surface area contributed by atoms with Crippen LogP contribution in [-0.4, -0.2) is 22.7 Å². The lowest BCUT2D eigenvalue weighted by atomic mass is 10.2. The predicted octanol–water partition coefficient (Wildman–Crippen LogP) is 1.99. The molecule has 0 amide bonds. The summed E-state index contributed by atoms with van der Waals surface area (Å²) in [5.41, 5.74) is 1.06. The van der Waals surface area contributed by atoms with Gasteiger partial charge in [0.1, 0.15) is 0 Å². The van der Waals surface area contributed by atoms with Crippen molar-refractivity contribution in [3.63, 3.8) is 0 Å². The standard InChI is InChI=1S/C11H17ClN2O/c1-9(3-2-6-15)14-7-10-4-5-13-8-11(10)12/h4-5,8-9,14-15H,2-3,6-7H2,1H3. The molecule has 0 spiro atoms. The zero-order valence-corrected chi connectivity index (χ0v) is 9.67. The molecule has 0 aliphatic rings. The molecule has 0 saturated heterocycles. The predicted molar refractivity (Wildman–Crippen MR) is 61.9 cm³/mol. The fraction of sp³-hybridized carbons (Fsp3) is 0.545. The molecule has 1 rings (SSSR count). The smallest absolute Gasteiger partial charge is 0.0634 e. The van der Waals surface area contributed by atoms with Crippen molar-refractivity contribution >= 4 is 11.6 Å². The fourth-order valence-corrected chi connectivity index (χ4v) is 1.52. The number of hydrogen-bond acceptors (Lipinski definition) is 3. The number of hydrogen-bond donors (Lipinski definition) is 2. The Hall–Kier alpha value is -0.640. The minimum absolute atomic E-state index is 0.252. The van der Waals surface area contributed by atoms with Crippen molar-refractivity contribution in [2.75, 3.05) is 6.61 Å². The SMILES string of the molecule is CC(CCCO)NCc1ccncc1Cl. The molecule has 3 nitrogen and oxygen atoms in total. The first-order valence-corrected chi connectivity index (χ1v) is 5.54. The van der Waals surface area contributed by atoms with Crippen LogP contribution in [0.5, 0.6) is 0 Å². The van der Waals surface area contributed by atoms with Crippen molar-refractivity contribution in [2.45, 2.75) is 32.4 Å². The van der Waals surface area contributed by atoms with Gasteiger partial charge in [0.15, 0.2) is 0 Å². The summed E-state index contributed by atoms with van der Waals surface area (Å²) in [4.78, 5) is 3.93. The van der Waals surface area contributed by atoms with E-state index in [4.69, 9.17) is 16.7 Å². The Kier molecular flexibility index (Phi) is 5.61. The molecular formula is C11H17ClN2O. The number of nitrogens with one attached hydrogen (secondary N) is 1. The van der Waals surface area contributed by atoms with Gasteiger partial charge in [0.2, 0.25) is 0 Å². The fourth-order valence-electron chi connectivity index (χ4n) is 1.33. The number of aliphatic hydroxyl groups excluding tert-OH is 1. The molecule has 0 aliphatic heterocycles. The largest absolute Gasteiger partial charge is 0.396 e. The van der Waals surface area contributed by atoms with Crippen LogP contribution in [0, 0.1) is 0 Å². The molecule has 1 aromatic rings. The third-order valence-corrected chi connectivity index (χ3v) is 2.63. The van der Waals surface area contributed by atoms with Gasteiger partial charge >= 0.3 is 0 Å². The third-order valence-electron chi connectivity index (χ3n) is 2.29. The van der Waals surface area contributed by atoms with Gasteiger partial charge in [0.05, 0.1) is 5.02 Å². The number of aromatic nitrogens is 1. The number of nitrogens with zero attached hydrogens (tertiary/aromatic N) is 1. The maximum absolute atomic E-state index is 8.69. The number of rotatable bonds is 6. The molecule has 1 atom stereocenters. The Labute approximate surface area is 95.5 Å². The highest BCUT2D eigenvalue weighted by Crippen LogP contribution is 2.13. The van der Waals surface area contributed by atoms with E-state index >= 15 is 0 Å². The molecule has 0 bridgehead atoms. The van der Waals surface area contributed by atoms with E-state index in [0.29, 0.717) is 11.1 Å². The zero-order chi connectivity index (χ0) is 11.1. The minimum atomic E-state index is 0.252. The van der Waals surface area contributed by atoms with Crippen LogP contribution in [0.2, 0.25) is 5.02 Å². The van der Waals surface area contributed by atoms with Gasteiger partial charge in [-0.05, 0) is 31.4 Å². The summed E-state index contributed by atoms with van der Waals surface area (Å²) in [5, 5.41) is 12.7. The van der Waals surface area contributed by atoms with Crippen molar-refractivity contribution < 1.29 is 5.11 Å². The Morgan fingerprint density at radius 2 is 2.40 bits per heavy atom. The van der Waals surface area contributed by atoms with Crippen molar-refractivity contribution in [3.8, 4) is 0 Å². The molecule has 0 fully saturated rings. The molecule has 15 heavy (non-hydrogen) atoms. The first-order chi connectivity index (χ1) is 7.24. The molecule has 0 aliphatic carbocycles. The van der Waals surface area contributed by atoms with Crippen LogP contribution in [0.25, 0.3) is 0 Å². The maximum atomic E-state index is 8.69. The Morgan fingerprint density at radius 1 is 1.60 bits per heavy atom. The minimum Gasteiger partial charge on any atom is -0.396 e. The summed E-state index contributed by atoms with van der Waals surface area (Å²) < 4.78 is 0. The quantitative estimate of drug-likeness (QED) is 0.783. The normalized spacial score (nSPS) is 12.7. The highest BCUT2D eigenvalue weighted by atomic mass is 35.5.